The number of hydrogen-bond donors (Lipinski definition) is 2. The molecule has 0 spiro atoms. The lowest BCUT2D eigenvalue weighted by molar-refractivity contribution is 0.295. The molecule has 86 valence electrons. The first kappa shape index (κ1) is 13.9. The van der Waals surface area contributed by atoms with Crippen molar-refractivity contribution in [2.75, 3.05) is 24.7 Å². The number of sulfone groups is 1. The molecular formula is C9H21NO3S. The zero-order valence-electron chi connectivity index (χ0n) is 8.61. The van der Waals surface area contributed by atoms with Crippen LogP contribution >= 0.6 is 0 Å². The standard InChI is InChI=1S/C9H21NO3S/c10-6-3-1-2-4-8-14(12,13)9-5-7-11/h11H,1-10H2. The van der Waals surface area contributed by atoms with Crippen molar-refractivity contribution in [2.45, 2.75) is 32.1 Å². The van der Waals surface area contributed by atoms with Crippen LogP contribution < -0.4 is 5.73 Å². The van der Waals surface area contributed by atoms with Gasteiger partial charge in [0, 0.05) is 6.61 Å². The number of aliphatic hydroxyl groups excluding tert-OH is 1. The first-order valence-corrected chi connectivity index (χ1v) is 6.96. The lowest BCUT2D eigenvalue weighted by Crippen LogP contribution is -2.12. The van der Waals surface area contributed by atoms with Crippen LogP contribution in [0.4, 0.5) is 0 Å². The number of hydrogen-bond acceptors (Lipinski definition) is 4. The molecule has 0 aromatic carbocycles. The summed E-state index contributed by atoms with van der Waals surface area (Å²) in [6.45, 7) is 0.629. The Morgan fingerprint density at radius 1 is 0.929 bits per heavy atom. The average Bonchev–Trinajstić information content (AvgIpc) is 2.15. The normalized spacial score (nSPS) is 11.9. The van der Waals surface area contributed by atoms with Crippen molar-refractivity contribution in [3.63, 3.8) is 0 Å². The van der Waals surface area contributed by atoms with E-state index in [2.05, 4.69) is 0 Å². The van der Waals surface area contributed by atoms with E-state index in [-0.39, 0.29) is 18.1 Å². The molecule has 0 heterocycles. The minimum atomic E-state index is -2.92. The van der Waals surface area contributed by atoms with E-state index in [1.54, 1.807) is 0 Å². The summed E-state index contributed by atoms with van der Waals surface area (Å²) in [4.78, 5) is 0. The summed E-state index contributed by atoms with van der Waals surface area (Å²) in [6, 6.07) is 0. The van der Waals surface area contributed by atoms with E-state index in [9.17, 15) is 8.42 Å². The van der Waals surface area contributed by atoms with Crippen molar-refractivity contribution < 1.29 is 13.5 Å². The molecule has 0 bridgehead atoms. The predicted molar refractivity (Wildman–Crippen MR) is 57.9 cm³/mol. The maximum atomic E-state index is 11.3. The summed E-state index contributed by atoms with van der Waals surface area (Å²) in [5.74, 6) is 0.359. The molecule has 0 amide bonds. The summed E-state index contributed by atoms with van der Waals surface area (Å²) in [5.41, 5.74) is 5.32. The summed E-state index contributed by atoms with van der Waals surface area (Å²) in [6.07, 6.45) is 3.97. The zero-order chi connectivity index (χ0) is 10.9. The molecule has 0 saturated carbocycles. The third-order valence-electron chi connectivity index (χ3n) is 2.02. The van der Waals surface area contributed by atoms with Crippen molar-refractivity contribution in [3.8, 4) is 0 Å². The first-order valence-electron chi connectivity index (χ1n) is 5.14. The Morgan fingerprint density at radius 2 is 1.50 bits per heavy atom. The fourth-order valence-corrected chi connectivity index (χ4v) is 2.62. The van der Waals surface area contributed by atoms with E-state index >= 15 is 0 Å². The molecule has 0 atom stereocenters. The van der Waals surface area contributed by atoms with E-state index in [4.69, 9.17) is 10.8 Å². The van der Waals surface area contributed by atoms with Crippen LogP contribution in [0, 0.1) is 0 Å². The van der Waals surface area contributed by atoms with Crippen LogP contribution in [0.15, 0.2) is 0 Å². The third kappa shape index (κ3) is 8.47. The van der Waals surface area contributed by atoms with Crippen molar-refractivity contribution in [2.24, 2.45) is 5.73 Å². The molecule has 0 aliphatic rings. The molecule has 0 aliphatic heterocycles. The van der Waals surface area contributed by atoms with Crippen LogP contribution in [-0.2, 0) is 9.84 Å². The van der Waals surface area contributed by atoms with Crippen LogP contribution in [0.1, 0.15) is 32.1 Å². The highest BCUT2D eigenvalue weighted by Crippen LogP contribution is 2.03. The largest absolute Gasteiger partial charge is 0.396 e. The fourth-order valence-electron chi connectivity index (χ4n) is 1.21. The predicted octanol–water partition coefficient (Wildman–Crippen LogP) is 0.303. The van der Waals surface area contributed by atoms with Crippen LogP contribution in [0.25, 0.3) is 0 Å². The highest BCUT2D eigenvalue weighted by atomic mass is 32.2. The van der Waals surface area contributed by atoms with Gasteiger partial charge in [0.05, 0.1) is 11.5 Å². The second-order valence-electron chi connectivity index (χ2n) is 3.43. The second-order valence-corrected chi connectivity index (χ2v) is 5.74. The van der Waals surface area contributed by atoms with Gasteiger partial charge in [-0.15, -0.1) is 0 Å². The van der Waals surface area contributed by atoms with Gasteiger partial charge in [0.25, 0.3) is 0 Å². The summed E-state index contributed by atoms with van der Waals surface area (Å²) in [5, 5.41) is 8.49. The zero-order valence-corrected chi connectivity index (χ0v) is 9.43. The van der Waals surface area contributed by atoms with Gasteiger partial charge in [-0.2, -0.15) is 0 Å². The molecule has 0 rings (SSSR count). The fraction of sp³-hybridized carbons (Fsp3) is 1.00. The van der Waals surface area contributed by atoms with E-state index in [0.717, 1.165) is 19.3 Å². The van der Waals surface area contributed by atoms with Gasteiger partial charge in [-0.1, -0.05) is 12.8 Å². The maximum absolute atomic E-state index is 11.3. The second kappa shape index (κ2) is 8.20. The molecule has 0 saturated heterocycles. The average molecular weight is 223 g/mol. The Labute approximate surface area is 86.4 Å². The SMILES string of the molecule is NCCCCCCS(=O)(=O)CCCO. The Bertz CT molecular complexity index is 214. The molecule has 0 fully saturated rings. The molecule has 0 aromatic heterocycles. The van der Waals surface area contributed by atoms with Gasteiger partial charge in [0.1, 0.15) is 9.84 Å². The van der Waals surface area contributed by atoms with Gasteiger partial charge in [0.15, 0.2) is 0 Å². The smallest absolute Gasteiger partial charge is 0.150 e. The van der Waals surface area contributed by atoms with Crippen molar-refractivity contribution in [1.29, 1.82) is 0 Å². The van der Waals surface area contributed by atoms with Gasteiger partial charge in [-0.25, -0.2) is 8.42 Å². The van der Waals surface area contributed by atoms with Crippen LogP contribution in [0.3, 0.4) is 0 Å². The van der Waals surface area contributed by atoms with Gasteiger partial charge < -0.3 is 10.8 Å². The monoisotopic (exact) mass is 223 g/mol. The van der Waals surface area contributed by atoms with E-state index in [1.165, 1.54) is 0 Å². The third-order valence-corrected chi connectivity index (χ3v) is 3.84. The molecule has 3 N–H and O–H groups in total. The summed E-state index contributed by atoms with van der Waals surface area (Å²) in [7, 11) is -2.92. The van der Waals surface area contributed by atoms with Gasteiger partial charge in [-0.05, 0) is 25.8 Å². The van der Waals surface area contributed by atoms with Crippen LogP contribution in [0.5, 0.6) is 0 Å². The molecular weight excluding hydrogens is 202 g/mol. The lowest BCUT2D eigenvalue weighted by Gasteiger charge is -2.02. The maximum Gasteiger partial charge on any atom is 0.150 e. The van der Waals surface area contributed by atoms with E-state index in [0.29, 0.717) is 19.4 Å². The van der Waals surface area contributed by atoms with Crippen LogP contribution in [0.2, 0.25) is 0 Å². The van der Waals surface area contributed by atoms with Crippen molar-refractivity contribution >= 4 is 9.84 Å². The summed E-state index contributed by atoms with van der Waals surface area (Å²) < 4.78 is 22.6. The van der Waals surface area contributed by atoms with Crippen molar-refractivity contribution in [3.05, 3.63) is 0 Å². The molecule has 0 unspecified atom stereocenters. The Hall–Kier alpha value is -0.130. The Balaban J connectivity index is 3.46. The van der Waals surface area contributed by atoms with E-state index in [1.807, 2.05) is 0 Å². The molecule has 4 nitrogen and oxygen atoms in total. The molecule has 5 heteroatoms. The highest BCUT2D eigenvalue weighted by Gasteiger charge is 2.08. The number of nitrogens with two attached hydrogens (primary N) is 1. The van der Waals surface area contributed by atoms with E-state index < -0.39 is 9.84 Å². The molecule has 14 heavy (non-hydrogen) atoms. The number of rotatable bonds is 9. The summed E-state index contributed by atoms with van der Waals surface area (Å²) >= 11 is 0. The highest BCUT2D eigenvalue weighted by molar-refractivity contribution is 7.91. The number of aliphatic hydroxyl groups is 1. The molecule has 0 aliphatic carbocycles. The lowest BCUT2D eigenvalue weighted by atomic mass is 10.2. The minimum absolute atomic E-state index is 0.0492. The minimum Gasteiger partial charge on any atom is -0.396 e. The van der Waals surface area contributed by atoms with Gasteiger partial charge in [0.2, 0.25) is 0 Å². The quantitative estimate of drug-likeness (QED) is 0.551. The Kier molecular flexibility index (Phi) is 8.12. The van der Waals surface area contributed by atoms with Gasteiger partial charge >= 0.3 is 0 Å². The number of unbranched alkanes of at least 4 members (excludes halogenated alkanes) is 3. The van der Waals surface area contributed by atoms with Gasteiger partial charge in [-0.3, -0.25) is 0 Å². The van der Waals surface area contributed by atoms with Crippen molar-refractivity contribution in [1.82, 2.24) is 0 Å². The molecule has 0 aromatic rings. The van der Waals surface area contributed by atoms with Crippen LogP contribution in [-0.4, -0.2) is 38.2 Å². The first-order chi connectivity index (χ1) is 6.62. The topological polar surface area (TPSA) is 80.4 Å². The Morgan fingerprint density at radius 3 is 2.07 bits per heavy atom. The molecule has 0 radical (unpaired) electrons.